The van der Waals surface area contributed by atoms with Gasteiger partial charge in [-0.05, 0) is 62.4 Å². The molecule has 0 aromatic rings. The number of carbonyl (C=O) groups excluding carboxylic acids is 3. The second kappa shape index (κ2) is 8.17. The zero-order valence-corrected chi connectivity index (χ0v) is 23.5. The minimum atomic E-state index is -1.95. The third kappa shape index (κ3) is 3.71. The van der Waals surface area contributed by atoms with E-state index in [0.29, 0.717) is 12.8 Å². The van der Waals surface area contributed by atoms with Crippen LogP contribution in [0.2, 0.25) is 0 Å². The first-order valence-corrected chi connectivity index (χ1v) is 13.5. The minimum absolute atomic E-state index is 0.0255. The first-order valence-electron chi connectivity index (χ1n) is 13.5. The summed E-state index contributed by atoms with van der Waals surface area (Å²) in [5.41, 5.74) is -5.36. The second-order valence-electron chi connectivity index (χ2n) is 14.3. The number of aliphatic hydroxyl groups is 4. The van der Waals surface area contributed by atoms with Crippen molar-refractivity contribution in [3.8, 4) is 0 Å². The Balaban J connectivity index is 1.80. The van der Waals surface area contributed by atoms with E-state index >= 15 is 0 Å². The van der Waals surface area contributed by atoms with Crippen LogP contribution in [-0.2, 0) is 14.4 Å². The van der Waals surface area contributed by atoms with Crippen LogP contribution in [0, 0.1) is 39.4 Å². The summed E-state index contributed by atoms with van der Waals surface area (Å²) in [4.78, 5) is 40.3. The monoisotopic (exact) mass is 516 g/mol. The van der Waals surface area contributed by atoms with Crippen LogP contribution in [0.15, 0.2) is 23.8 Å². The fourth-order valence-corrected chi connectivity index (χ4v) is 8.95. The molecular formula is C30H44O7. The highest BCUT2D eigenvalue weighted by Gasteiger charge is 2.74. The van der Waals surface area contributed by atoms with Crippen molar-refractivity contribution in [2.24, 2.45) is 39.4 Å². The van der Waals surface area contributed by atoms with E-state index in [-0.39, 0.29) is 36.2 Å². The SMILES string of the molecule is CC(C)(O)/C=C/C(=O)[C@](C)(O)[C@H]1[C@H](O)C[C@@]2(C)[C@@H]3CC=C4C(CC(=O)[C@@H](O)C4(C)C)[C@]3(C)C(=O)C[C@]12C. The Morgan fingerprint density at radius 3 is 2.19 bits per heavy atom. The van der Waals surface area contributed by atoms with Crippen LogP contribution in [0.1, 0.15) is 81.1 Å². The maximum Gasteiger partial charge on any atom is 0.187 e. The number of aliphatic hydroxyl groups excluding tert-OH is 2. The van der Waals surface area contributed by atoms with Gasteiger partial charge in [-0.1, -0.05) is 52.3 Å². The Morgan fingerprint density at radius 1 is 1.03 bits per heavy atom. The highest BCUT2D eigenvalue weighted by molar-refractivity contribution is 5.97. The average Bonchev–Trinajstić information content (AvgIpc) is 2.96. The number of carbonyl (C=O) groups is 3. The number of hydrogen-bond donors (Lipinski definition) is 4. The number of Topliss-reactive ketones (excluding diaryl/α,β-unsaturated/α-hetero) is 2. The summed E-state index contributed by atoms with van der Waals surface area (Å²) >= 11 is 0. The molecule has 0 spiro atoms. The van der Waals surface area contributed by atoms with Crippen LogP contribution in [0.3, 0.4) is 0 Å². The fourth-order valence-electron chi connectivity index (χ4n) is 8.95. The quantitative estimate of drug-likeness (QED) is 0.334. The third-order valence-corrected chi connectivity index (χ3v) is 11.2. The van der Waals surface area contributed by atoms with Crippen molar-refractivity contribution in [3.63, 3.8) is 0 Å². The molecule has 3 saturated carbocycles. The van der Waals surface area contributed by atoms with E-state index in [1.54, 1.807) is 0 Å². The van der Waals surface area contributed by atoms with Gasteiger partial charge in [-0.25, -0.2) is 0 Å². The van der Waals surface area contributed by atoms with Crippen molar-refractivity contribution >= 4 is 17.3 Å². The van der Waals surface area contributed by atoms with E-state index in [9.17, 15) is 34.8 Å². The van der Waals surface area contributed by atoms with Crippen molar-refractivity contribution in [3.05, 3.63) is 23.8 Å². The van der Waals surface area contributed by atoms with Gasteiger partial charge in [-0.2, -0.15) is 0 Å². The van der Waals surface area contributed by atoms with Gasteiger partial charge in [-0.15, -0.1) is 0 Å². The highest BCUT2D eigenvalue weighted by Crippen LogP contribution is 2.74. The normalized spacial score (nSPS) is 45.1. The molecule has 9 atom stereocenters. The van der Waals surface area contributed by atoms with Crippen molar-refractivity contribution in [1.29, 1.82) is 0 Å². The van der Waals surface area contributed by atoms with Gasteiger partial charge in [0.2, 0.25) is 0 Å². The summed E-state index contributed by atoms with van der Waals surface area (Å²) in [6.07, 6.45) is 3.49. The fraction of sp³-hybridized carbons (Fsp3) is 0.767. The third-order valence-electron chi connectivity index (χ3n) is 11.2. The standard InChI is InChI=1S/C30H44O7/c1-25(2,36)12-11-21(33)30(8,37)23-19(32)14-27(5)20-10-9-16-17(13-18(31)24(35)26(16,3)4)29(20,7)22(34)15-28(23,27)6/h9,11-12,17,19-20,23-24,32,35-37H,10,13-15H2,1-8H3/b12-11+/t17?,19-,20+,23+,24-,27+,28-,29+,30+/m1/s1. The van der Waals surface area contributed by atoms with Gasteiger partial charge in [0.25, 0.3) is 0 Å². The second-order valence-corrected chi connectivity index (χ2v) is 14.3. The average molecular weight is 517 g/mol. The van der Waals surface area contributed by atoms with Crippen molar-refractivity contribution in [2.45, 2.75) is 104 Å². The van der Waals surface area contributed by atoms with Crippen LogP contribution < -0.4 is 0 Å². The van der Waals surface area contributed by atoms with E-state index < -0.39 is 56.8 Å². The Labute approximate surface area is 220 Å². The predicted octanol–water partition coefficient (Wildman–Crippen LogP) is 2.93. The van der Waals surface area contributed by atoms with Gasteiger partial charge < -0.3 is 20.4 Å². The lowest BCUT2D eigenvalue weighted by molar-refractivity contribution is -0.183. The molecule has 206 valence electrons. The molecule has 4 rings (SSSR count). The molecule has 0 aromatic heterocycles. The Morgan fingerprint density at radius 2 is 1.62 bits per heavy atom. The van der Waals surface area contributed by atoms with Crippen molar-refractivity contribution in [2.75, 3.05) is 0 Å². The van der Waals surface area contributed by atoms with Gasteiger partial charge in [0.15, 0.2) is 11.6 Å². The number of allylic oxidation sites excluding steroid dienone is 1. The van der Waals surface area contributed by atoms with Crippen molar-refractivity contribution < 1.29 is 34.8 Å². The first kappa shape index (κ1) is 28.3. The molecule has 0 saturated heterocycles. The van der Waals surface area contributed by atoms with Crippen LogP contribution >= 0.6 is 0 Å². The molecule has 3 fully saturated rings. The molecule has 1 unspecified atom stereocenters. The summed E-state index contributed by atoms with van der Waals surface area (Å²) in [5, 5.41) is 43.7. The predicted molar refractivity (Wildman–Crippen MR) is 138 cm³/mol. The molecule has 0 heterocycles. The lowest BCUT2D eigenvalue weighted by Crippen LogP contribution is -2.65. The van der Waals surface area contributed by atoms with E-state index in [0.717, 1.165) is 11.6 Å². The highest BCUT2D eigenvalue weighted by atomic mass is 16.3. The summed E-state index contributed by atoms with van der Waals surface area (Å²) < 4.78 is 0. The van der Waals surface area contributed by atoms with Gasteiger partial charge in [0, 0.05) is 29.6 Å². The van der Waals surface area contributed by atoms with Crippen LogP contribution in [0.25, 0.3) is 0 Å². The maximum absolute atomic E-state index is 14.2. The number of hydrogen-bond acceptors (Lipinski definition) is 7. The van der Waals surface area contributed by atoms with Crippen LogP contribution in [-0.4, -0.2) is 61.2 Å². The molecule has 37 heavy (non-hydrogen) atoms. The molecule has 4 N–H and O–H groups in total. The molecule has 7 nitrogen and oxygen atoms in total. The van der Waals surface area contributed by atoms with Gasteiger partial charge >= 0.3 is 0 Å². The van der Waals surface area contributed by atoms with Crippen molar-refractivity contribution in [1.82, 2.24) is 0 Å². The van der Waals surface area contributed by atoms with Gasteiger partial charge in [-0.3, -0.25) is 14.4 Å². The lowest BCUT2D eigenvalue weighted by atomic mass is 9.38. The molecule has 0 aliphatic heterocycles. The molecule has 4 aliphatic carbocycles. The van der Waals surface area contributed by atoms with Crippen LogP contribution in [0.4, 0.5) is 0 Å². The molecular weight excluding hydrogens is 472 g/mol. The smallest absolute Gasteiger partial charge is 0.187 e. The van der Waals surface area contributed by atoms with E-state index in [2.05, 4.69) is 13.0 Å². The zero-order chi connectivity index (χ0) is 28.1. The van der Waals surface area contributed by atoms with Gasteiger partial charge in [0.1, 0.15) is 17.5 Å². The molecule has 7 heteroatoms. The maximum atomic E-state index is 14.2. The Kier molecular flexibility index (Phi) is 6.26. The topological polar surface area (TPSA) is 132 Å². The summed E-state index contributed by atoms with van der Waals surface area (Å²) in [5.74, 6) is -2.34. The Bertz CT molecular complexity index is 1090. The zero-order valence-electron chi connectivity index (χ0n) is 23.5. The first-order chi connectivity index (χ1) is 16.7. The summed E-state index contributed by atoms with van der Waals surface area (Å²) in [7, 11) is 0. The molecule has 0 amide bonds. The minimum Gasteiger partial charge on any atom is -0.393 e. The largest absolute Gasteiger partial charge is 0.393 e. The van der Waals surface area contributed by atoms with E-state index in [4.69, 9.17) is 0 Å². The lowest BCUT2D eigenvalue weighted by Gasteiger charge is -2.64. The van der Waals surface area contributed by atoms with E-state index in [1.165, 1.54) is 26.8 Å². The number of rotatable bonds is 4. The molecule has 4 aliphatic rings. The summed E-state index contributed by atoms with van der Waals surface area (Å²) in [6.45, 7) is 14.1. The molecule has 0 aromatic carbocycles. The molecule has 0 radical (unpaired) electrons. The van der Waals surface area contributed by atoms with E-state index in [1.807, 2.05) is 27.7 Å². The molecule has 0 bridgehead atoms. The van der Waals surface area contributed by atoms with Gasteiger partial charge in [0.05, 0.1) is 11.7 Å². The summed E-state index contributed by atoms with van der Waals surface area (Å²) in [6, 6.07) is 0. The number of ketones is 3. The Hall–Kier alpha value is -1.67. The van der Waals surface area contributed by atoms with Crippen LogP contribution in [0.5, 0.6) is 0 Å². The number of fused-ring (bicyclic) bond motifs is 5.